The molecule has 1 N–H and O–H groups in total. The number of hydrogen-bond acceptors (Lipinski definition) is 5. The molecule has 1 aromatic carbocycles. The summed E-state index contributed by atoms with van der Waals surface area (Å²) in [6, 6.07) is 4.12. The van der Waals surface area contributed by atoms with Crippen LogP contribution in [0.1, 0.15) is 31.4 Å². The second-order valence-corrected chi connectivity index (χ2v) is 8.34. The first-order valence-corrected chi connectivity index (χ1v) is 9.68. The number of rotatable bonds is 5. The van der Waals surface area contributed by atoms with Crippen LogP contribution in [0.3, 0.4) is 0 Å². The van der Waals surface area contributed by atoms with Crippen LogP contribution < -0.4 is 14.8 Å². The predicted molar refractivity (Wildman–Crippen MR) is 85.3 cm³/mol. The number of hydrogen-bond donors (Lipinski definition) is 1. The summed E-state index contributed by atoms with van der Waals surface area (Å²) in [5, 5.41) is 3.34. The molecule has 0 radical (unpaired) electrons. The lowest BCUT2D eigenvalue weighted by molar-refractivity contribution is 0.254. The fraction of sp³-hybridized carbons (Fsp3) is 0.625. The van der Waals surface area contributed by atoms with Crippen LogP contribution >= 0.6 is 0 Å². The first-order valence-electron chi connectivity index (χ1n) is 7.86. The summed E-state index contributed by atoms with van der Waals surface area (Å²) < 4.78 is 34.6. The molecule has 0 bridgehead atoms. The van der Waals surface area contributed by atoms with Crippen molar-refractivity contribution >= 4 is 9.84 Å². The summed E-state index contributed by atoms with van der Waals surface area (Å²) in [7, 11) is -2.86. The first kappa shape index (κ1) is 15.6. The van der Waals surface area contributed by atoms with E-state index < -0.39 is 9.84 Å². The molecule has 2 heterocycles. The van der Waals surface area contributed by atoms with Gasteiger partial charge in [-0.25, -0.2) is 8.42 Å². The van der Waals surface area contributed by atoms with E-state index in [1.807, 2.05) is 13.0 Å². The van der Waals surface area contributed by atoms with Crippen LogP contribution in [0.5, 0.6) is 11.5 Å². The SMILES string of the molecule is CCOc1cc2c(cc1CN[C@@H]1CCS(=O)(=O)C1)O[C@@H](C)C2. The van der Waals surface area contributed by atoms with Gasteiger partial charge in [0.1, 0.15) is 17.6 Å². The zero-order chi connectivity index (χ0) is 15.7. The molecule has 122 valence electrons. The number of benzene rings is 1. The van der Waals surface area contributed by atoms with Gasteiger partial charge in [0.25, 0.3) is 0 Å². The second-order valence-electron chi connectivity index (χ2n) is 6.11. The molecule has 0 spiro atoms. The molecule has 0 aliphatic carbocycles. The summed E-state index contributed by atoms with van der Waals surface area (Å²) in [5.41, 5.74) is 2.21. The molecule has 5 nitrogen and oxygen atoms in total. The normalized spacial score (nSPS) is 25.7. The van der Waals surface area contributed by atoms with Crippen LogP contribution in [0.4, 0.5) is 0 Å². The zero-order valence-electron chi connectivity index (χ0n) is 13.1. The highest BCUT2D eigenvalue weighted by atomic mass is 32.2. The quantitative estimate of drug-likeness (QED) is 0.892. The highest BCUT2D eigenvalue weighted by Gasteiger charge is 2.28. The van der Waals surface area contributed by atoms with E-state index in [0.29, 0.717) is 19.6 Å². The molecule has 6 heteroatoms. The molecular formula is C16H23NO4S. The summed E-state index contributed by atoms with van der Waals surface area (Å²) >= 11 is 0. The molecule has 0 saturated carbocycles. The zero-order valence-corrected chi connectivity index (χ0v) is 13.9. The topological polar surface area (TPSA) is 64.6 Å². The van der Waals surface area contributed by atoms with E-state index in [9.17, 15) is 8.42 Å². The van der Waals surface area contributed by atoms with Crippen molar-refractivity contribution in [3.8, 4) is 11.5 Å². The Kier molecular flexibility index (Phi) is 4.32. The van der Waals surface area contributed by atoms with Crippen molar-refractivity contribution < 1.29 is 17.9 Å². The van der Waals surface area contributed by atoms with Crippen LogP contribution in [0.2, 0.25) is 0 Å². The highest BCUT2D eigenvalue weighted by Crippen LogP contribution is 2.35. The fourth-order valence-electron chi connectivity index (χ4n) is 3.12. The van der Waals surface area contributed by atoms with Gasteiger partial charge in [0, 0.05) is 30.1 Å². The number of nitrogens with one attached hydrogen (secondary N) is 1. The van der Waals surface area contributed by atoms with E-state index in [4.69, 9.17) is 9.47 Å². The lowest BCUT2D eigenvalue weighted by Crippen LogP contribution is -2.29. The van der Waals surface area contributed by atoms with Crippen molar-refractivity contribution in [2.45, 2.75) is 45.4 Å². The minimum atomic E-state index is -2.86. The van der Waals surface area contributed by atoms with Gasteiger partial charge < -0.3 is 14.8 Å². The Morgan fingerprint density at radius 2 is 2.23 bits per heavy atom. The van der Waals surface area contributed by atoms with E-state index in [0.717, 1.165) is 23.5 Å². The van der Waals surface area contributed by atoms with Gasteiger partial charge in [-0.05, 0) is 32.4 Å². The molecule has 1 aromatic rings. The molecule has 0 unspecified atom stereocenters. The fourth-order valence-corrected chi connectivity index (χ4v) is 4.83. The smallest absolute Gasteiger partial charge is 0.151 e. The Morgan fingerprint density at radius 1 is 1.41 bits per heavy atom. The van der Waals surface area contributed by atoms with Gasteiger partial charge >= 0.3 is 0 Å². The third kappa shape index (κ3) is 3.38. The Labute approximate surface area is 131 Å². The van der Waals surface area contributed by atoms with E-state index in [1.54, 1.807) is 0 Å². The number of ether oxygens (including phenoxy) is 2. The van der Waals surface area contributed by atoms with Crippen molar-refractivity contribution in [1.29, 1.82) is 0 Å². The van der Waals surface area contributed by atoms with Crippen molar-refractivity contribution in [3.63, 3.8) is 0 Å². The minimum Gasteiger partial charge on any atom is -0.494 e. The second kappa shape index (κ2) is 6.08. The lowest BCUT2D eigenvalue weighted by Gasteiger charge is -2.15. The average molecular weight is 325 g/mol. The Balaban J connectivity index is 1.73. The van der Waals surface area contributed by atoms with Gasteiger partial charge in [-0.3, -0.25) is 0 Å². The van der Waals surface area contributed by atoms with E-state index >= 15 is 0 Å². The summed E-state index contributed by atoms with van der Waals surface area (Å²) in [4.78, 5) is 0. The molecule has 1 saturated heterocycles. The van der Waals surface area contributed by atoms with Gasteiger partial charge in [-0.1, -0.05) is 0 Å². The Hall–Kier alpha value is -1.27. The Bertz CT molecular complexity index is 656. The molecule has 0 aromatic heterocycles. The maximum atomic E-state index is 11.5. The van der Waals surface area contributed by atoms with Crippen LogP contribution in [0, 0.1) is 0 Å². The van der Waals surface area contributed by atoms with Gasteiger partial charge in [0.05, 0.1) is 18.1 Å². The van der Waals surface area contributed by atoms with Gasteiger partial charge in [-0.2, -0.15) is 0 Å². The number of fused-ring (bicyclic) bond motifs is 1. The molecular weight excluding hydrogens is 302 g/mol. The standard InChI is InChI=1S/C16H23NO4S/c1-3-20-15-7-12-6-11(2)21-16(12)8-13(15)9-17-14-4-5-22(18,19)10-14/h7-8,11,14,17H,3-6,9-10H2,1-2H3/t11-,14+/m0/s1. The minimum absolute atomic E-state index is 0.0348. The number of sulfone groups is 1. The maximum absolute atomic E-state index is 11.5. The maximum Gasteiger partial charge on any atom is 0.151 e. The summed E-state index contributed by atoms with van der Waals surface area (Å²) in [6.07, 6.45) is 1.79. The molecule has 22 heavy (non-hydrogen) atoms. The summed E-state index contributed by atoms with van der Waals surface area (Å²) in [6.45, 7) is 5.23. The predicted octanol–water partition coefficient (Wildman–Crippen LogP) is 1.69. The van der Waals surface area contributed by atoms with Crippen molar-refractivity contribution in [2.24, 2.45) is 0 Å². The largest absolute Gasteiger partial charge is 0.494 e. The third-order valence-corrected chi connectivity index (χ3v) is 5.96. The van der Waals surface area contributed by atoms with Crippen molar-refractivity contribution in [3.05, 3.63) is 23.3 Å². The first-order chi connectivity index (χ1) is 10.5. The molecule has 3 rings (SSSR count). The summed E-state index contributed by atoms with van der Waals surface area (Å²) in [5.74, 6) is 2.31. The van der Waals surface area contributed by atoms with Gasteiger partial charge in [-0.15, -0.1) is 0 Å². The highest BCUT2D eigenvalue weighted by molar-refractivity contribution is 7.91. The lowest BCUT2D eigenvalue weighted by atomic mass is 10.1. The third-order valence-electron chi connectivity index (χ3n) is 4.19. The monoisotopic (exact) mass is 325 g/mol. The molecule has 2 aliphatic heterocycles. The van der Waals surface area contributed by atoms with Crippen LogP contribution in [-0.2, 0) is 22.8 Å². The van der Waals surface area contributed by atoms with E-state index in [1.165, 1.54) is 5.56 Å². The molecule has 2 aliphatic rings. The van der Waals surface area contributed by atoms with E-state index in [-0.39, 0.29) is 23.7 Å². The molecule has 2 atom stereocenters. The van der Waals surface area contributed by atoms with Gasteiger partial charge in [0.2, 0.25) is 0 Å². The average Bonchev–Trinajstić information content (AvgIpc) is 2.97. The van der Waals surface area contributed by atoms with Crippen molar-refractivity contribution in [2.75, 3.05) is 18.1 Å². The molecule has 1 fully saturated rings. The van der Waals surface area contributed by atoms with Crippen LogP contribution in [0.25, 0.3) is 0 Å². The van der Waals surface area contributed by atoms with Crippen LogP contribution in [0.15, 0.2) is 12.1 Å². The molecule has 0 amide bonds. The van der Waals surface area contributed by atoms with Gasteiger partial charge in [0.15, 0.2) is 9.84 Å². The van der Waals surface area contributed by atoms with Crippen LogP contribution in [-0.4, -0.2) is 38.7 Å². The van der Waals surface area contributed by atoms with Crippen molar-refractivity contribution in [1.82, 2.24) is 5.32 Å². The Morgan fingerprint density at radius 3 is 2.91 bits per heavy atom. The van der Waals surface area contributed by atoms with E-state index in [2.05, 4.69) is 18.3 Å².